The second-order valence-corrected chi connectivity index (χ2v) is 5.51. The van der Waals surface area contributed by atoms with Crippen LogP contribution in [0.1, 0.15) is 6.92 Å². The first-order valence-corrected chi connectivity index (χ1v) is 6.93. The van der Waals surface area contributed by atoms with Crippen molar-refractivity contribution in [3.05, 3.63) is 0 Å². The molecule has 0 aromatic heterocycles. The Kier molecular flexibility index (Phi) is 5.72. The Hall–Kier alpha value is -0.400. The van der Waals surface area contributed by atoms with E-state index >= 15 is 0 Å². The lowest BCUT2D eigenvalue weighted by Crippen LogP contribution is -2.63. The summed E-state index contributed by atoms with van der Waals surface area (Å²) in [6.45, 7) is 0.823. The van der Waals surface area contributed by atoms with Crippen molar-refractivity contribution in [2.45, 2.75) is 68.3 Å². The molecule has 2 saturated heterocycles. The van der Waals surface area contributed by atoms with Gasteiger partial charge < -0.3 is 50.0 Å². The van der Waals surface area contributed by atoms with Crippen LogP contribution in [0.2, 0.25) is 0 Å². The molecule has 7 N–H and O–H groups in total. The number of hydrogen-bond acceptors (Lipinski definition) is 10. The minimum absolute atomic E-state index is 0.619. The third-order valence-electron chi connectivity index (χ3n) is 3.94. The first-order valence-electron chi connectivity index (χ1n) is 6.93. The summed E-state index contributed by atoms with van der Waals surface area (Å²) in [6, 6.07) is 0. The van der Waals surface area contributed by atoms with Crippen molar-refractivity contribution in [3.63, 3.8) is 0 Å². The van der Waals surface area contributed by atoms with Crippen molar-refractivity contribution in [1.82, 2.24) is 0 Å². The number of rotatable bonds is 3. The molecule has 130 valence electrons. The lowest BCUT2D eigenvalue weighted by atomic mass is 9.97. The fourth-order valence-electron chi connectivity index (χ4n) is 2.50. The molecule has 4 unspecified atom stereocenters. The average molecular weight is 326 g/mol. The van der Waals surface area contributed by atoms with Crippen molar-refractivity contribution in [3.8, 4) is 0 Å². The molecule has 10 atom stereocenters. The van der Waals surface area contributed by atoms with Gasteiger partial charge in [0, 0.05) is 0 Å². The normalized spacial score (nSPS) is 53.5. The third kappa shape index (κ3) is 3.26. The number of aliphatic hydroxyl groups is 7. The maximum Gasteiger partial charge on any atom is 0.187 e. The zero-order chi connectivity index (χ0) is 16.6. The fraction of sp³-hybridized carbons (Fsp3) is 1.00. The first kappa shape index (κ1) is 17.9. The van der Waals surface area contributed by atoms with Crippen LogP contribution >= 0.6 is 0 Å². The first-order chi connectivity index (χ1) is 10.3. The van der Waals surface area contributed by atoms with Gasteiger partial charge in [-0.3, -0.25) is 0 Å². The van der Waals surface area contributed by atoms with Crippen LogP contribution in [-0.2, 0) is 14.2 Å². The van der Waals surface area contributed by atoms with Crippen molar-refractivity contribution in [2.75, 3.05) is 6.61 Å². The third-order valence-corrected chi connectivity index (χ3v) is 3.94. The van der Waals surface area contributed by atoms with Crippen molar-refractivity contribution < 1.29 is 50.0 Å². The van der Waals surface area contributed by atoms with E-state index in [1.54, 1.807) is 0 Å². The zero-order valence-corrected chi connectivity index (χ0v) is 11.8. The lowest BCUT2D eigenvalue weighted by molar-refractivity contribution is -0.358. The Bertz CT molecular complexity index is 368. The molecule has 0 radical (unpaired) electrons. The highest BCUT2D eigenvalue weighted by molar-refractivity contribution is 4.92. The average Bonchev–Trinajstić information content (AvgIpc) is 2.49. The summed E-state index contributed by atoms with van der Waals surface area (Å²) < 4.78 is 15.3. The Morgan fingerprint density at radius 3 is 2.05 bits per heavy atom. The van der Waals surface area contributed by atoms with Gasteiger partial charge in [-0.05, 0) is 6.92 Å². The predicted molar refractivity (Wildman–Crippen MR) is 67.2 cm³/mol. The second kappa shape index (κ2) is 7.01. The van der Waals surface area contributed by atoms with Crippen LogP contribution in [0.4, 0.5) is 0 Å². The quantitative estimate of drug-likeness (QED) is 0.269. The van der Waals surface area contributed by atoms with E-state index in [1.807, 2.05) is 0 Å². The van der Waals surface area contributed by atoms with E-state index in [9.17, 15) is 30.6 Å². The molecule has 0 amide bonds. The van der Waals surface area contributed by atoms with Crippen LogP contribution in [0.15, 0.2) is 0 Å². The van der Waals surface area contributed by atoms with Crippen molar-refractivity contribution >= 4 is 0 Å². The number of hydrogen-bond donors (Lipinski definition) is 7. The van der Waals surface area contributed by atoms with Gasteiger partial charge >= 0.3 is 0 Å². The minimum atomic E-state index is -1.69. The van der Waals surface area contributed by atoms with Crippen LogP contribution in [0.25, 0.3) is 0 Å². The maximum absolute atomic E-state index is 9.93. The molecule has 0 spiro atoms. The van der Waals surface area contributed by atoms with Crippen LogP contribution in [0, 0.1) is 0 Å². The van der Waals surface area contributed by atoms with Gasteiger partial charge in [0.25, 0.3) is 0 Å². The van der Waals surface area contributed by atoms with Crippen molar-refractivity contribution in [1.29, 1.82) is 0 Å². The van der Waals surface area contributed by atoms with E-state index in [0.717, 1.165) is 0 Å². The summed E-state index contributed by atoms with van der Waals surface area (Å²) in [5.41, 5.74) is 0. The van der Waals surface area contributed by atoms with Crippen LogP contribution in [-0.4, -0.2) is 104 Å². The molecular formula is C12H22O10. The topological polar surface area (TPSA) is 169 Å². The molecule has 0 saturated carbocycles. The minimum Gasteiger partial charge on any atom is -0.394 e. The molecule has 2 heterocycles. The van der Waals surface area contributed by atoms with Gasteiger partial charge in [0.15, 0.2) is 12.6 Å². The summed E-state index contributed by atoms with van der Waals surface area (Å²) in [7, 11) is 0. The van der Waals surface area contributed by atoms with E-state index in [1.165, 1.54) is 6.92 Å². The Morgan fingerprint density at radius 1 is 0.818 bits per heavy atom. The SMILES string of the molecule is CC1O[C@@H](O[C@H]2C(O)[C@H](O)C(CO)O[C@H]2O)[C@@H](O)C(O)[C@@H]1O. The maximum atomic E-state index is 9.93. The van der Waals surface area contributed by atoms with Crippen molar-refractivity contribution in [2.24, 2.45) is 0 Å². The van der Waals surface area contributed by atoms with Gasteiger partial charge in [0.1, 0.15) is 42.7 Å². The van der Waals surface area contributed by atoms with Gasteiger partial charge in [-0.15, -0.1) is 0 Å². The lowest BCUT2D eigenvalue weighted by Gasteiger charge is -2.44. The van der Waals surface area contributed by atoms with Crippen LogP contribution in [0.3, 0.4) is 0 Å². The molecule has 2 aliphatic rings. The van der Waals surface area contributed by atoms with Gasteiger partial charge in [-0.25, -0.2) is 0 Å². The summed E-state index contributed by atoms with van der Waals surface area (Å²) >= 11 is 0. The molecular weight excluding hydrogens is 304 g/mol. The highest BCUT2D eigenvalue weighted by Crippen LogP contribution is 2.28. The zero-order valence-electron chi connectivity index (χ0n) is 11.8. The Labute approximate surface area is 126 Å². The van der Waals surface area contributed by atoms with E-state index in [2.05, 4.69) is 0 Å². The predicted octanol–water partition coefficient (Wildman–Crippen LogP) is -4.37. The van der Waals surface area contributed by atoms with E-state index in [0.29, 0.717) is 0 Å². The van der Waals surface area contributed by atoms with E-state index in [4.69, 9.17) is 19.3 Å². The summed E-state index contributed by atoms with van der Waals surface area (Å²) in [5.74, 6) is 0. The molecule has 0 aliphatic carbocycles. The molecule has 2 rings (SSSR count). The van der Waals surface area contributed by atoms with Gasteiger partial charge in [-0.1, -0.05) is 0 Å². The van der Waals surface area contributed by atoms with Gasteiger partial charge in [-0.2, -0.15) is 0 Å². The molecule has 0 bridgehead atoms. The molecule has 10 nitrogen and oxygen atoms in total. The standard InChI is InChI=1S/C12H22O10/c1-3-5(14)7(16)9(18)12(20-3)22-10-8(17)6(15)4(2-13)21-11(10)19/h3-19H,2H2,1H3/t3?,4?,5-,6-,7?,8?,9+,10+,11-,12+/m1/s1. The van der Waals surface area contributed by atoms with Crippen LogP contribution in [0.5, 0.6) is 0 Å². The molecule has 0 aromatic carbocycles. The van der Waals surface area contributed by atoms with E-state index < -0.39 is 68.0 Å². The number of ether oxygens (including phenoxy) is 3. The molecule has 0 aromatic rings. The number of aliphatic hydroxyl groups excluding tert-OH is 7. The summed E-state index contributed by atoms with van der Waals surface area (Å²) in [4.78, 5) is 0. The fourth-order valence-corrected chi connectivity index (χ4v) is 2.50. The molecule has 2 fully saturated rings. The highest BCUT2D eigenvalue weighted by Gasteiger charge is 2.49. The molecule has 10 heteroatoms. The largest absolute Gasteiger partial charge is 0.394 e. The smallest absolute Gasteiger partial charge is 0.187 e. The van der Waals surface area contributed by atoms with Crippen LogP contribution < -0.4 is 0 Å². The molecule has 2 aliphatic heterocycles. The second-order valence-electron chi connectivity index (χ2n) is 5.51. The van der Waals surface area contributed by atoms with E-state index in [-0.39, 0.29) is 0 Å². The Morgan fingerprint density at radius 2 is 1.45 bits per heavy atom. The summed E-state index contributed by atoms with van der Waals surface area (Å²) in [5, 5.41) is 67.5. The summed E-state index contributed by atoms with van der Waals surface area (Å²) in [6.07, 6.45) is -14.3. The van der Waals surface area contributed by atoms with Gasteiger partial charge in [0.05, 0.1) is 12.7 Å². The molecule has 22 heavy (non-hydrogen) atoms. The monoisotopic (exact) mass is 326 g/mol. The highest BCUT2D eigenvalue weighted by atomic mass is 16.7. The van der Waals surface area contributed by atoms with Gasteiger partial charge in [0.2, 0.25) is 0 Å². The Balaban J connectivity index is 2.06.